The number of likely N-dealkylation sites (tertiary alicyclic amines) is 1. The van der Waals surface area contributed by atoms with Crippen molar-refractivity contribution in [2.75, 3.05) is 13.1 Å². The number of rotatable bonds is 4. The lowest BCUT2D eigenvalue weighted by Gasteiger charge is -2.26. The number of nitrogens with one attached hydrogen (secondary N) is 1. The molecule has 3 heterocycles. The van der Waals surface area contributed by atoms with Crippen molar-refractivity contribution < 1.29 is 4.79 Å². The van der Waals surface area contributed by atoms with Crippen LogP contribution in [-0.4, -0.2) is 44.6 Å². The fourth-order valence-electron chi connectivity index (χ4n) is 4.41. The fraction of sp³-hybridized carbons (Fsp3) is 0.650. The molecule has 0 aromatic carbocycles. The van der Waals surface area contributed by atoms with E-state index in [1.807, 2.05) is 23.2 Å². The van der Waals surface area contributed by atoms with Crippen LogP contribution in [0.2, 0.25) is 0 Å². The molecule has 6 heteroatoms. The molecule has 1 aliphatic carbocycles. The Kier molecular flexibility index (Phi) is 5.09. The molecule has 0 unspecified atom stereocenters. The van der Waals surface area contributed by atoms with Crippen LogP contribution < -0.4 is 5.32 Å². The molecule has 1 aliphatic heterocycles. The minimum Gasteiger partial charge on any atom is -0.335 e. The molecule has 1 saturated carbocycles. The molecule has 6 nitrogen and oxygen atoms in total. The summed E-state index contributed by atoms with van der Waals surface area (Å²) in [5.74, 6) is 1.10. The summed E-state index contributed by atoms with van der Waals surface area (Å²) in [4.78, 5) is 24.0. The van der Waals surface area contributed by atoms with Gasteiger partial charge in [-0.3, -0.25) is 0 Å². The van der Waals surface area contributed by atoms with E-state index in [1.165, 1.54) is 19.3 Å². The predicted molar refractivity (Wildman–Crippen MR) is 102 cm³/mol. The Morgan fingerprint density at radius 3 is 2.92 bits per heavy atom. The zero-order chi connectivity index (χ0) is 17.9. The molecular weight excluding hydrogens is 326 g/mol. The van der Waals surface area contributed by atoms with Crippen LogP contribution in [0.1, 0.15) is 63.7 Å². The lowest BCUT2D eigenvalue weighted by molar-refractivity contribution is 0.199. The van der Waals surface area contributed by atoms with Crippen LogP contribution in [0, 0.1) is 0 Å². The molecule has 2 aromatic heterocycles. The normalized spacial score (nSPS) is 21.4. The summed E-state index contributed by atoms with van der Waals surface area (Å²) in [6.07, 6.45) is 10.8. The first-order valence-electron chi connectivity index (χ1n) is 10.1. The van der Waals surface area contributed by atoms with Crippen LogP contribution in [0.4, 0.5) is 4.79 Å². The molecule has 0 spiro atoms. The van der Waals surface area contributed by atoms with Gasteiger partial charge < -0.3 is 14.8 Å². The first-order valence-corrected chi connectivity index (χ1v) is 10.1. The first-order chi connectivity index (χ1) is 12.8. The fourth-order valence-corrected chi connectivity index (χ4v) is 4.41. The molecule has 1 N–H and O–H groups in total. The van der Waals surface area contributed by atoms with E-state index in [-0.39, 0.29) is 12.1 Å². The van der Waals surface area contributed by atoms with Crippen molar-refractivity contribution in [3.8, 4) is 0 Å². The molecule has 1 saturated heterocycles. The lowest BCUT2D eigenvalue weighted by Crippen LogP contribution is -2.44. The second-order valence-electron chi connectivity index (χ2n) is 7.67. The number of amides is 2. The van der Waals surface area contributed by atoms with Crippen molar-refractivity contribution in [3.05, 3.63) is 24.2 Å². The third kappa shape index (κ3) is 3.41. The number of carbonyl (C=O) groups is 1. The molecular formula is C20H29N5O. The van der Waals surface area contributed by atoms with Crippen molar-refractivity contribution in [1.82, 2.24) is 24.8 Å². The highest BCUT2D eigenvalue weighted by Crippen LogP contribution is 2.28. The smallest absolute Gasteiger partial charge is 0.317 e. The number of hydrogen-bond acceptors (Lipinski definition) is 3. The van der Waals surface area contributed by atoms with Crippen LogP contribution >= 0.6 is 0 Å². The van der Waals surface area contributed by atoms with Crippen LogP contribution in [0.15, 0.2) is 18.3 Å². The van der Waals surface area contributed by atoms with E-state index in [1.54, 1.807) is 0 Å². The Morgan fingerprint density at radius 2 is 2.12 bits per heavy atom. The van der Waals surface area contributed by atoms with Crippen LogP contribution in [0.3, 0.4) is 0 Å². The molecule has 2 aliphatic rings. The van der Waals surface area contributed by atoms with Gasteiger partial charge in [0, 0.05) is 31.7 Å². The van der Waals surface area contributed by atoms with Crippen molar-refractivity contribution in [2.24, 2.45) is 0 Å². The summed E-state index contributed by atoms with van der Waals surface area (Å²) in [5.41, 5.74) is 1.91. The highest BCUT2D eigenvalue weighted by Gasteiger charge is 2.31. The number of carbonyl (C=O) groups excluding carboxylic acids is 1. The summed E-state index contributed by atoms with van der Waals surface area (Å²) in [7, 11) is 0. The van der Waals surface area contributed by atoms with Gasteiger partial charge in [-0.05, 0) is 37.8 Å². The summed E-state index contributed by atoms with van der Waals surface area (Å²) in [5, 5.41) is 3.25. The number of aryl methyl sites for hydroxylation is 1. The SMILES string of the molecule is CCCc1nc2cccnc2n1[C@H]1CCN(C(=O)NC2CCCCC2)C1. The Labute approximate surface area is 155 Å². The third-order valence-electron chi connectivity index (χ3n) is 5.74. The standard InChI is InChI=1S/C20H29N5O/c1-2-7-18-23-17-10-6-12-21-19(17)25(18)16-11-13-24(14-16)20(26)22-15-8-4-3-5-9-15/h6,10,12,15-16H,2-5,7-9,11,13-14H2,1H3,(H,22,26)/t16-/m0/s1. The molecule has 0 radical (unpaired) electrons. The minimum atomic E-state index is 0.105. The predicted octanol–water partition coefficient (Wildman–Crippen LogP) is 3.67. The summed E-state index contributed by atoms with van der Waals surface area (Å²) < 4.78 is 2.28. The average Bonchev–Trinajstić information content (AvgIpc) is 3.27. The van der Waals surface area contributed by atoms with Gasteiger partial charge in [0.2, 0.25) is 0 Å². The quantitative estimate of drug-likeness (QED) is 0.910. The highest BCUT2D eigenvalue weighted by molar-refractivity contribution is 5.75. The van der Waals surface area contributed by atoms with Crippen molar-refractivity contribution in [1.29, 1.82) is 0 Å². The number of pyridine rings is 1. The van der Waals surface area contributed by atoms with Gasteiger partial charge in [0.1, 0.15) is 11.3 Å². The minimum absolute atomic E-state index is 0.105. The van der Waals surface area contributed by atoms with E-state index in [4.69, 9.17) is 4.98 Å². The van der Waals surface area contributed by atoms with Crippen molar-refractivity contribution in [3.63, 3.8) is 0 Å². The maximum absolute atomic E-state index is 12.7. The first kappa shape index (κ1) is 17.3. The molecule has 4 rings (SSSR count). The van der Waals surface area contributed by atoms with Crippen LogP contribution in [-0.2, 0) is 6.42 Å². The maximum Gasteiger partial charge on any atom is 0.317 e. The molecule has 2 amide bonds. The van der Waals surface area contributed by atoms with E-state index in [9.17, 15) is 4.79 Å². The number of imidazole rings is 1. The van der Waals surface area contributed by atoms with Gasteiger partial charge in [-0.15, -0.1) is 0 Å². The van der Waals surface area contributed by atoms with E-state index in [0.717, 1.165) is 62.2 Å². The van der Waals surface area contributed by atoms with E-state index < -0.39 is 0 Å². The topological polar surface area (TPSA) is 63.1 Å². The van der Waals surface area contributed by atoms with Gasteiger partial charge in [0.15, 0.2) is 5.65 Å². The Bertz CT molecular complexity index is 765. The van der Waals surface area contributed by atoms with Gasteiger partial charge in [-0.2, -0.15) is 0 Å². The number of aromatic nitrogens is 3. The molecule has 26 heavy (non-hydrogen) atoms. The Balaban J connectivity index is 1.49. The monoisotopic (exact) mass is 355 g/mol. The third-order valence-corrected chi connectivity index (χ3v) is 5.74. The Hall–Kier alpha value is -2.11. The summed E-state index contributed by atoms with van der Waals surface area (Å²) >= 11 is 0. The number of nitrogens with zero attached hydrogens (tertiary/aromatic N) is 4. The zero-order valence-corrected chi connectivity index (χ0v) is 15.7. The second-order valence-corrected chi connectivity index (χ2v) is 7.67. The number of hydrogen-bond donors (Lipinski definition) is 1. The van der Waals surface area contributed by atoms with Gasteiger partial charge in [-0.1, -0.05) is 26.2 Å². The molecule has 2 aromatic rings. The largest absolute Gasteiger partial charge is 0.335 e. The average molecular weight is 355 g/mol. The van der Waals surface area contributed by atoms with Gasteiger partial charge in [0.05, 0.1) is 6.04 Å². The van der Waals surface area contributed by atoms with Crippen molar-refractivity contribution in [2.45, 2.75) is 70.4 Å². The maximum atomic E-state index is 12.7. The lowest BCUT2D eigenvalue weighted by atomic mass is 9.96. The van der Waals surface area contributed by atoms with Gasteiger partial charge in [0.25, 0.3) is 0 Å². The van der Waals surface area contributed by atoms with E-state index in [2.05, 4.69) is 21.8 Å². The van der Waals surface area contributed by atoms with Crippen LogP contribution in [0.25, 0.3) is 11.2 Å². The second kappa shape index (κ2) is 7.64. The van der Waals surface area contributed by atoms with E-state index in [0.29, 0.717) is 6.04 Å². The van der Waals surface area contributed by atoms with Gasteiger partial charge >= 0.3 is 6.03 Å². The number of urea groups is 1. The van der Waals surface area contributed by atoms with Crippen molar-refractivity contribution >= 4 is 17.2 Å². The molecule has 0 bridgehead atoms. The highest BCUT2D eigenvalue weighted by atomic mass is 16.2. The zero-order valence-electron chi connectivity index (χ0n) is 15.7. The molecule has 140 valence electrons. The van der Waals surface area contributed by atoms with E-state index >= 15 is 0 Å². The Morgan fingerprint density at radius 1 is 1.27 bits per heavy atom. The molecule has 2 fully saturated rings. The number of fused-ring (bicyclic) bond motifs is 1. The molecule has 1 atom stereocenters. The summed E-state index contributed by atoms with van der Waals surface area (Å²) in [6.45, 7) is 3.73. The van der Waals surface area contributed by atoms with Crippen LogP contribution in [0.5, 0.6) is 0 Å². The van der Waals surface area contributed by atoms with Gasteiger partial charge in [-0.25, -0.2) is 14.8 Å². The summed E-state index contributed by atoms with van der Waals surface area (Å²) in [6, 6.07) is 4.71.